The van der Waals surface area contributed by atoms with Crippen LogP contribution in [0.4, 0.5) is 5.69 Å². The maximum atomic E-state index is 13.1. The average molecular weight is 492 g/mol. The first-order valence-corrected chi connectivity index (χ1v) is 12.6. The normalized spacial score (nSPS) is 14.6. The highest BCUT2D eigenvalue weighted by Gasteiger charge is 2.32. The number of carbonyl (C=O) groups excluding carboxylic acids is 1. The van der Waals surface area contributed by atoms with Crippen LogP contribution in [0, 0.1) is 17.0 Å². The number of hydrogen-bond acceptors (Lipinski definition) is 7. The van der Waals surface area contributed by atoms with E-state index in [1.54, 1.807) is 30.0 Å². The predicted molar refractivity (Wildman–Crippen MR) is 126 cm³/mol. The third-order valence-electron chi connectivity index (χ3n) is 5.48. The van der Waals surface area contributed by atoms with Crippen molar-refractivity contribution in [2.24, 2.45) is 0 Å². The minimum absolute atomic E-state index is 0.0895. The number of rotatable bonds is 9. The lowest BCUT2D eigenvalue weighted by Crippen LogP contribution is -2.50. The molecule has 0 saturated carbocycles. The number of amides is 1. The number of benzene rings is 2. The van der Waals surface area contributed by atoms with Gasteiger partial charge in [0.2, 0.25) is 10.0 Å². The van der Waals surface area contributed by atoms with Gasteiger partial charge in [-0.1, -0.05) is 13.0 Å². The van der Waals surface area contributed by atoms with Gasteiger partial charge in [0, 0.05) is 43.9 Å². The van der Waals surface area contributed by atoms with Crippen LogP contribution in [-0.4, -0.2) is 67.8 Å². The minimum Gasteiger partial charge on any atom is -0.490 e. The molecule has 0 atom stereocenters. The van der Waals surface area contributed by atoms with Gasteiger partial charge in [-0.25, -0.2) is 8.42 Å². The molecule has 1 aliphatic rings. The molecule has 2 aromatic carbocycles. The van der Waals surface area contributed by atoms with Crippen LogP contribution in [-0.2, 0) is 10.0 Å². The highest BCUT2D eigenvalue weighted by atomic mass is 32.2. The third kappa shape index (κ3) is 5.48. The Morgan fingerprint density at radius 2 is 1.74 bits per heavy atom. The Morgan fingerprint density at radius 3 is 2.35 bits per heavy atom. The number of hydrogen-bond donors (Lipinski definition) is 0. The molecule has 1 saturated heterocycles. The number of nitro benzene ring substituents is 1. The smallest absolute Gasteiger partial charge is 0.270 e. The maximum absolute atomic E-state index is 13.1. The zero-order chi connectivity index (χ0) is 24.9. The second kappa shape index (κ2) is 10.8. The molecule has 184 valence electrons. The molecule has 2 aromatic rings. The van der Waals surface area contributed by atoms with E-state index < -0.39 is 14.9 Å². The molecular formula is C23H29N3O7S. The summed E-state index contributed by atoms with van der Waals surface area (Å²) in [5.74, 6) is 0.833. The number of aryl methyl sites for hydroxylation is 1. The second-order valence-corrected chi connectivity index (χ2v) is 9.75. The summed E-state index contributed by atoms with van der Waals surface area (Å²) in [6, 6.07) is 8.81. The Hall–Kier alpha value is -3.18. The Morgan fingerprint density at radius 1 is 1.03 bits per heavy atom. The Kier molecular flexibility index (Phi) is 8.11. The van der Waals surface area contributed by atoms with Crippen LogP contribution in [0.1, 0.15) is 36.2 Å². The first-order valence-electron chi connectivity index (χ1n) is 11.1. The zero-order valence-corrected chi connectivity index (χ0v) is 20.3. The second-order valence-electron chi connectivity index (χ2n) is 7.85. The van der Waals surface area contributed by atoms with E-state index in [-0.39, 0.29) is 42.7 Å². The number of carbonyl (C=O) groups is 1. The fraction of sp³-hybridized carbons (Fsp3) is 0.435. The molecule has 34 heavy (non-hydrogen) atoms. The average Bonchev–Trinajstić information content (AvgIpc) is 2.83. The highest BCUT2D eigenvalue weighted by molar-refractivity contribution is 7.89. The topological polar surface area (TPSA) is 119 Å². The fourth-order valence-electron chi connectivity index (χ4n) is 3.67. The van der Waals surface area contributed by atoms with E-state index in [2.05, 4.69) is 0 Å². The fourth-order valence-corrected chi connectivity index (χ4v) is 5.34. The van der Waals surface area contributed by atoms with E-state index in [0.29, 0.717) is 35.8 Å². The molecule has 0 unspecified atom stereocenters. The largest absolute Gasteiger partial charge is 0.490 e. The van der Waals surface area contributed by atoms with E-state index in [1.165, 1.54) is 16.4 Å². The molecular weight excluding hydrogens is 462 g/mol. The number of sulfonamides is 1. The Bertz CT molecular complexity index is 1160. The van der Waals surface area contributed by atoms with Crippen LogP contribution >= 0.6 is 0 Å². The molecule has 1 aliphatic heterocycles. The van der Waals surface area contributed by atoms with Crippen molar-refractivity contribution in [3.63, 3.8) is 0 Å². The van der Waals surface area contributed by atoms with Crippen molar-refractivity contribution in [2.45, 2.75) is 32.1 Å². The number of piperazine rings is 1. The van der Waals surface area contributed by atoms with Gasteiger partial charge in [0.15, 0.2) is 11.5 Å². The summed E-state index contributed by atoms with van der Waals surface area (Å²) in [6.45, 7) is 6.98. The monoisotopic (exact) mass is 491 g/mol. The standard InChI is InChI=1S/C23H29N3O7S/c1-4-14-33-20-9-7-18(15-21(20)32-5-2)23(27)24-10-12-25(13-11-24)34(30,31)22-16-19(26(28)29)8-6-17(22)3/h6-9,15-16H,4-5,10-14H2,1-3H3. The zero-order valence-electron chi connectivity index (χ0n) is 19.5. The van der Waals surface area contributed by atoms with Gasteiger partial charge in [0.05, 0.1) is 23.0 Å². The molecule has 0 aliphatic carbocycles. The summed E-state index contributed by atoms with van der Waals surface area (Å²) in [4.78, 5) is 25.0. The summed E-state index contributed by atoms with van der Waals surface area (Å²) in [5, 5.41) is 11.1. The predicted octanol–water partition coefficient (Wildman–Crippen LogP) is 3.24. The van der Waals surface area contributed by atoms with Crippen LogP contribution in [0.3, 0.4) is 0 Å². The third-order valence-corrected chi connectivity index (χ3v) is 7.52. The van der Waals surface area contributed by atoms with Gasteiger partial charge >= 0.3 is 0 Å². The molecule has 0 radical (unpaired) electrons. The number of ether oxygens (including phenoxy) is 2. The van der Waals surface area contributed by atoms with Crippen molar-refractivity contribution in [3.05, 3.63) is 57.6 Å². The van der Waals surface area contributed by atoms with Crippen molar-refractivity contribution in [2.75, 3.05) is 39.4 Å². The summed E-state index contributed by atoms with van der Waals surface area (Å²) in [5.41, 5.74) is 0.575. The molecule has 11 heteroatoms. The number of nitro groups is 1. The lowest BCUT2D eigenvalue weighted by Gasteiger charge is -2.34. The molecule has 1 fully saturated rings. The van der Waals surface area contributed by atoms with Gasteiger partial charge in [0.25, 0.3) is 11.6 Å². The lowest BCUT2D eigenvalue weighted by atomic mass is 10.1. The Labute approximate surface area is 199 Å². The molecule has 0 spiro atoms. The van der Waals surface area contributed by atoms with Crippen molar-refractivity contribution in [1.29, 1.82) is 0 Å². The minimum atomic E-state index is -3.94. The van der Waals surface area contributed by atoms with Crippen LogP contribution < -0.4 is 9.47 Å². The van der Waals surface area contributed by atoms with E-state index in [9.17, 15) is 23.3 Å². The van der Waals surface area contributed by atoms with E-state index in [0.717, 1.165) is 12.5 Å². The summed E-state index contributed by atoms with van der Waals surface area (Å²) >= 11 is 0. The summed E-state index contributed by atoms with van der Waals surface area (Å²) < 4.78 is 38.8. The van der Waals surface area contributed by atoms with E-state index in [1.807, 2.05) is 13.8 Å². The summed E-state index contributed by atoms with van der Waals surface area (Å²) in [6.07, 6.45) is 0.843. The van der Waals surface area contributed by atoms with E-state index >= 15 is 0 Å². The number of nitrogens with zero attached hydrogens (tertiary/aromatic N) is 3. The van der Waals surface area contributed by atoms with Crippen LogP contribution in [0.15, 0.2) is 41.3 Å². The molecule has 3 rings (SSSR count). The van der Waals surface area contributed by atoms with Crippen molar-refractivity contribution in [1.82, 2.24) is 9.21 Å². The summed E-state index contributed by atoms with van der Waals surface area (Å²) in [7, 11) is -3.94. The van der Waals surface area contributed by atoms with Crippen LogP contribution in [0.2, 0.25) is 0 Å². The van der Waals surface area contributed by atoms with E-state index in [4.69, 9.17) is 9.47 Å². The molecule has 10 nitrogen and oxygen atoms in total. The SMILES string of the molecule is CCCOc1ccc(C(=O)N2CCN(S(=O)(=O)c3cc([N+](=O)[O-])ccc3C)CC2)cc1OCC. The quantitative estimate of drug-likeness (QED) is 0.390. The molecule has 0 bridgehead atoms. The Balaban J connectivity index is 1.73. The number of non-ortho nitro benzene ring substituents is 1. The molecule has 1 amide bonds. The van der Waals surface area contributed by atoms with Gasteiger partial charge < -0.3 is 14.4 Å². The first-order chi connectivity index (χ1) is 16.2. The van der Waals surface area contributed by atoms with Crippen LogP contribution in [0.25, 0.3) is 0 Å². The van der Waals surface area contributed by atoms with Crippen molar-refractivity contribution in [3.8, 4) is 11.5 Å². The van der Waals surface area contributed by atoms with Gasteiger partial charge in [-0.3, -0.25) is 14.9 Å². The van der Waals surface area contributed by atoms with Crippen molar-refractivity contribution < 1.29 is 27.6 Å². The van der Waals surface area contributed by atoms with Crippen molar-refractivity contribution >= 4 is 21.6 Å². The van der Waals surface area contributed by atoms with Gasteiger partial charge in [0.1, 0.15) is 0 Å². The van der Waals surface area contributed by atoms with Gasteiger partial charge in [-0.2, -0.15) is 4.31 Å². The van der Waals surface area contributed by atoms with Gasteiger partial charge in [-0.15, -0.1) is 0 Å². The molecule has 0 aromatic heterocycles. The van der Waals surface area contributed by atoms with Gasteiger partial charge in [-0.05, 0) is 44.0 Å². The molecule has 0 N–H and O–H groups in total. The highest BCUT2D eigenvalue weighted by Crippen LogP contribution is 2.30. The maximum Gasteiger partial charge on any atom is 0.270 e. The van der Waals surface area contributed by atoms with Crippen LogP contribution in [0.5, 0.6) is 11.5 Å². The molecule has 1 heterocycles. The first kappa shape index (κ1) is 25.4. The lowest BCUT2D eigenvalue weighted by molar-refractivity contribution is -0.385.